The number of rotatable bonds is 6. The summed E-state index contributed by atoms with van der Waals surface area (Å²) in [6, 6.07) is 3.70. The Kier molecular flexibility index (Phi) is 5.67. The summed E-state index contributed by atoms with van der Waals surface area (Å²) in [4.78, 5) is 15.7. The van der Waals surface area contributed by atoms with E-state index in [0.717, 1.165) is 18.8 Å². The summed E-state index contributed by atoms with van der Waals surface area (Å²) in [6.45, 7) is 6.50. The van der Waals surface area contributed by atoms with Crippen molar-refractivity contribution < 1.29 is 4.79 Å². The molecule has 94 valence electrons. The normalized spacial score (nSPS) is 12.5. The van der Waals surface area contributed by atoms with Gasteiger partial charge in [-0.25, -0.2) is 0 Å². The van der Waals surface area contributed by atoms with Gasteiger partial charge in [0.05, 0.1) is 0 Å². The minimum absolute atomic E-state index is 0.00977. The minimum atomic E-state index is -0.00977. The first kappa shape index (κ1) is 13.7. The molecule has 3 heteroatoms. The van der Waals surface area contributed by atoms with Gasteiger partial charge in [-0.15, -0.1) is 0 Å². The highest BCUT2D eigenvalue weighted by Gasteiger charge is 2.09. The number of hydrogen-bond donors (Lipinski definition) is 1. The molecule has 0 saturated carbocycles. The molecule has 0 radical (unpaired) electrons. The molecule has 0 bridgehead atoms. The van der Waals surface area contributed by atoms with Gasteiger partial charge in [-0.05, 0) is 31.4 Å². The zero-order valence-corrected chi connectivity index (χ0v) is 10.9. The predicted molar refractivity (Wildman–Crippen MR) is 69.9 cm³/mol. The third-order valence-electron chi connectivity index (χ3n) is 2.74. The van der Waals surface area contributed by atoms with Crippen LogP contribution in [0.4, 0.5) is 0 Å². The highest BCUT2D eigenvalue weighted by atomic mass is 16.1. The van der Waals surface area contributed by atoms with Gasteiger partial charge in [-0.1, -0.05) is 26.7 Å². The van der Waals surface area contributed by atoms with Gasteiger partial charge in [0.2, 0.25) is 0 Å². The van der Waals surface area contributed by atoms with Crippen LogP contribution in [0.15, 0.2) is 24.5 Å². The maximum atomic E-state index is 11.8. The number of amides is 1. The monoisotopic (exact) mass is 234 g/mol. The Labute approximate surface area is 104 Å². The van der Waals surface area contributed by atoms with E-state index in [1.165, 1.54) is 6.42 Å². The van der Waals surface area contributed by atoms with E-state index in [9.17, 15) is 4.79 Å². The largest absolute Gasteiger partial charge is 0.350 e. The van der Waals surface area contributed by atoms with Crippen LogP contribution in [0.2, 0.25) is 0 Å². The molecule has 0 saturated heterocycles. The molecular formula is C14H22N2O. The van der Waals surface area contributed by atoms with Crippen LogP contribution in [0, 0.1) is 5.92 Å². The lowest BCUT2D eigenvalue weighted by Crippen LogP contribution is -2.32. The quantitative estimate of drug-likeness (QED) is 0.822. The average molecular weight is 234 g/mol. The van der Waals surface area contributed by atoms with Crippen LogP contribution >= 0.6 is 0 Å². The number of nitrogens with zero attached hydrogens (tertiary/aromatic N) is 1. The van der Waals surface area contributed by atoms with Crippen molar-refractivity contribution in [1.82, 2.24) is 10.3 Å². The van der Waals surface area contributed by atoms with Crippen molar-refractivity contribution in [3.8, 4) is 0 Å². The van der Waals surface area contributed by atoms with Crippen molar-refractivity contribution in [2.75, 3.05) is 0 Å². The fourth-order valence-corrected chi connectivity index (χ4v) is 1.71. The van der Waals surface area contributed by atoms with E-state index in [4.69, 9.17) is 0 Å². The zero-order valence-electron chi connectivity index (χ0n) is 10.9. The maximum Gasteiger partial charge on any atom is 0.251 e. The van der Waals surface area contributed by atoms with Gasteiger partial charge in [0.15, 0.2) is 0 Å². The number of pyridine rings is 1. The second-order valence-corrected chi connectivity index (χ2v) is 4.94. The van der Waals surface area contributed by atoms with Crippen molar-refractivity contribution in [3.05, 3.63) is 30.1 Å². The number of nitrogens with one attached hydrogen (secondary N) is 1. The van der Waals surface area contributed by atoms with E-state index < -0.39 is 0 Å². The van der Waals surface area contributed by atoms with Crippen molar-refractivity contribution >= 4 is 5.91 Å². The smallest absolute Gasteiger partial charge is 0.251 e. The summed E-state index contributed by atoms with van der Waals surface area (Å²) in [6.07, 6.45) is 6.69. The fraction of sp³-hybridized carbons (Fsp3) is 0.571. The van der Waals surface area contributed by atoms with E-state index >= 15 is 0 Å². The molecule has 0 aliphatic rings. The van der Waals surface area contributed by atoms with Crippen LogP contribution in [0.25, 0.3) is 0 Å². The van der Waals surface area contributed by atoms with Gasteiger partial charge in [0.1, 0.15) is 0 Å². The molecular weight excluding hydrogens is 212 g/mol. The number of hydrogen-bond acceptors (Lipinski definition) is 2. The van der Waals surface area contributed by atoms with Gasteiger partial charge in [0, 0.05) is 24.0 Å². The molecule has 1 rings (SSSR count). The zero-order chi connectivity index (χ0) is 12.7. The Balaban J connectivity index is 2.31. The van der Waals surface area contributed by atoms with Crippen molar-refractivity contribution in [2.24, 2.45) is 5.92 Å². The minimum Gasteiger partial charge on any atom is -0.350 e. The molecule has 17 heavy (non-hydrogen) atoms. The summed E-state index contributed by atoms with van der Waals surface area (Å²) in [5.74, 6) is 0.725. The van der Waals surface area contributed by atoms with E-state index in [1.807, 2.05) is 0 Å². The van der Waals surface area contributed by atoms with Gasteiger partial charge in [0.25, 0.3) is 5.91 Å². The van der Waals surface area contributed by atoms with Crippen LogP contribution in [-0.4, -0.2) is 16.9 Å². The molecule has 0 aromatic carbocycles. The predicted octanol–water partition coefficient (Wildman–Crippen LogP) is 3.03. The third kappa shape index (κ3) is 5.48. The van der Waals surface area contributed by atoms with Crippen LogP contribution in [0.5, 0.6) is 0 Å². The lowest BCUT2D eigenvalue weighted by atomic mass is 10.0. The molecule has 1 atom stereocenters. The van der Waals surface area contributed by atoms with Gasteiger partial charge in [-0.2, -0.15) is 0 Å². The molecule has 1 aromatic heterocycles. The Morgan fingerprint density at radius 2 is 1.88 bits per heavy atom. The second kappa shape index (κ2) is 7.05. The van der Waals surface area contributed by atoms with Crippen molar-refractivity contribution in [3.63, 3.8) is 0 Å². The topological polar surface area (TPSA) is 42.0 Å². The van der Waals surface area contributed by atoms with Crippen LogP contribution in [-0.2, 0) is 0 Å². The highest BCUT2D eigenvalue weighted by molar-refractivity contribution is 5.94. The SMILES string of the molecule is CC(C)CCCC(C)NC(=O)c1ccncc1. The lowest BCUT2D eigenvalue weighted by molar-refractivity contribution is 0.0937. The Bertz CT molecular complexity index is 335. The number of carbonyl (C=O) groups excluding carboxylic acids is 1. The fourth-order valence-electron chi connectivity index (χ4n) is 1.71. The standard InChI is InChI=1S/C14H22N2O/c1-11(2)5-4-6-12(3)16-14(17)13-7-9-15-10-8-13/h7-12H,4-6H2,1-3H3,(H,16,17). The highest BCUT2D eigenvalue weighted by Crippen LogP contribution is 2.08. The average Bonchev–Trinajstić information content (AvgIpc) is 2.29. The van der Waals surface area contributed by atoms with Crippen molar-refractivity contribution in [1.29, 1.82) is 0 Å². The van der Waals surface area contributed by atoms with Crippen LogP contribution < -0.4 is 5.32 Å². The molecule has 1 unspecified atom stereocenters. The Morgan fingerprint density at radius 1 is 1.24 bits per heavy atom. The molecule has 0 spiro atoms. The third-order valence-corrected chi connectivity index (χ3v) is 2.74. The molecule has 1 heterocycles. The number of carbonyl (C=O) groups is 1. The molecule has 0 aliphatic carbocycles. The summed E-state index contributed by atoms with van der Waals surface area (Å²) in [5.41, 5.74) is 0.677. The van der Waals surface area contributed by atoms with E-state index in [-0.39, 0.29) is 11.9 Å². The molecule has 1 aromatic rings. The molecule has 3 nitrogen and oxygen atoms in total. The molecule has 1 amide bonds. The van der Waals surface area contributed by atoms with Gasteiger partial charge in [-0.3, -0.25) is 9.78 Å². The Morgan fingerprint density at radius 3 is 2.47 bits per heavy atom. The maximum absolute atomic E-state index is 11.8. The molecule has 0 fully saturated rings. The first-order chi connectivity index (χ1) is 8.09. The number of aromatic nitrogens is 1. The summed E-state index contributed by atoms with van der Waals surface area (Å²) < 4.78 is 0. The summed E-state index contributed by atoms with van der Waals surface area (Å²) >= 11 is 0. The Hall–Kier alpha value is -1.38. The second-order valence-electron chi connectivity index (χ2n) is 4.94. The first-order valence-corrected chi connectivity index (χ1v) is 6.30. The van der Waals surface area contributed by atoms with Crippen LogP contribution in [0.1, 0.15) is 50.4 Å². The van der Waals surface area contributed by atoms with E-state index in [0.29, 0.717) is 5.56 Å². The first-order valence-electron chi connectivity index (χ1n) is 6.30. The summed E-state index contributed by atoms with van der Waals surface area (Å²) in [7, 11) is 0. The molecule has 0 aliphatic heterocycles. The van der Waals surface area contributed by atoms with E-state index in [1.54, 1.807) is 24.5 Å². The van der Waals surface area contributed by atoms with Gasteiger partial charge >= 0.3 is 0 Å². The molecule has 1 N–H and O–H groups in total. The van der Waals surface area contributed by atoms with Crippen molar-refractivity contribution in [2.45, 2.75) is 46.1 Å². The van der Waals surface area contributed by atoms with Gasteiger partial charge < -0.3 is 5.32 Å². The van der Waals surface area contributed by atoms with E-state index in [2.05, 4.69) is 31.1 Å². The van der Waals surface area contributed by atoms with Crippen LogP contribution in [0.3, 0.4) is 0 Å². The summed E-state index contributed by atoms with van der Waals surface area (Å²) in [5, 5.41) is 3.00. The lowest BCUT2D eigenvalue weighted by Gasteiger charge is -2.14.